The Kier molecular flexibility index (Phi) is 4.01. The minimum atomic E-state index is -3.78. The zero-order valence-corrected chi connectivity index (χ0v) is 9.42. The first kappa shape index (κ1) is 12.6. The third-order valence-electron chi connectivity index (χ3n) is 1.86. The minimum Gasteiger partial charge on any atom is -0.478 e. The van der Waals surface area contributed by atoms with Crippen molar-refractivity contribution in [3.8, 4) is 0 Å². The normalized spacial score (nSPS) is 14.9. The first-order valence-electron chi connectivity index (χ1n) is 4.36. The van der Waals surface area contributed by atoms with Crippen molar-refractivity contribution in [2.24, 2.45) is 0 Å². The van der Waals surface area contributed by atoms with Crippen LogP contribution in [0.2, 0.25) is 0 Å². The Morgan fingerprint density at radius 3 is 2.75 bits per heavy atom. The van der Waals surface area contributed by atoms with E-state index in [2.05, 4.69) is 4.52 Å². The average Bonchev–Trinajstić information content (AvgIpc) is 2.27. The van der Waals surface area contributed by atoms with E-state index in [0.29, 0.717) is 5.56 Å². The summed E-state index contributed by atoms with van der Waals surface area (Å²) in [5, 5.41) is 8.56. The zero-order valence-electron chi connectivity index (χ0n) is 8.53. The third-order valence-corrected chi connectivity index (χ3v) is 3.29. The monoisotopic (exact) mass is 242 g/mol. The van der Waals surface area contributed by atoms with E-state index < -0.39 is 13.6 Å². The Morgan fingerprint density at radius 1 is 1.50 bits per heavy atom. The molecule has 2 N–H and O–H groups in total. The van der Waals surface area contributed by atoms with Gasteiger partial charge in [0, 0.05) is 13.2 Å². The molecular weight excluding hydrogens is 231 g/mol. The van der Waals surface area contributed by atoms with Crippen LogP contribution in [0.25, 0.3) is 6.08 Å². The van der Waals surface area contributed by atoms with Gasteiger partial charge in [-0.05, 0) is 23.8 Å². The van der Waals surface area contributed by atoms with E-state index in [9.17, 15) is 14.3 Å². The standard InChI is InChI=1S/C10H11O5P/c1-15-16(13,14)9-4-2-3-8(7-9)5-6-10(11)12/h2-7H,1H3,(H,11,12)(H,13,14). The highest BCUT2D eigenvalue weighted by Crippen LogP contribution is 2.39. The second-order valence-electron chi connectivity index (χ2n) is 2.97. The van der Waals surface area contributed by atoms with Gasteiger partial charge in [-0.15, -0.1) is 0 Å². The average molecular weight is 242 g/mol. The molecule has 1 rings (SSSR count). The molecule has 1 atom stereocenters. The quantitative estimate of drug-likeness (QED) is 0.613. The molecule has 0 heterocycles. The minimum absolute atomic E-state index is 0.127. The number of rotatable bonds is 4. The first-order chi connectivity index (χ1) is 7.45. The summed E-state index contributed by atoms with van der Waals surface area (Å²) in [5.41, 5.74) is 0.520. The molecule has 6 heteroatoms. The largest absolute Gasteiger partial charge is 0.478 e. The van der Waals surface area contributed by atoms with Crippen molar-refractivity contribution in [3.05, 3.63) is 35.9 Å². The summed E-state index contributed by atoms with van der Waals surface area (Å²) >= 11 is 0. The van der Waals surface area contributed by atoms with E-state index in [1.165, 1.54) is 18.2 Å². The topological polar surface area (TPSA) is 83.8 Å². The SMILES string of the molecule is COP(=O)(O)c1cccc(C=CC(=O)O)c1. The molecule has 5 nitrogen and oxygen atoms in total. The van der Waals surface area contributed by atoms with Crippen LogP contribution in [0.15, 0.2) is 30.3 Å². The molecule has 0 aliphatic rings. The lowest BCUT2D eigenvalue weighted by molar-refractivity contribution is -0.131. The Morgan fingerprint density at radius 2 is 2.19 bits per heavy atom. The van der Waals surface area contributed by atoms with Gasteiger partial charge in [0.25, 0.3) is 0 Å². The molecule has 0 radical (unpaired) electrons. The third kappa shape index (κ3) is 3.31. The maximum Gasteiger partial charge on any atom is 0.358 e. The number of hydrogen-bond donors (Lipinski definition) is 2. The summed E-state index contributed by atoms with van der Waals surface area (Å²) in [5.74, 6) is -1.08. The number of carbonyl (C=O) groups is 1. The Hall–Kier alpha value is -1.42. The van der Waals surface area contributed by atoms with Crippen LogP contribution in [-0.2, 0) is 13.9 Å². The molecule has 0 saturated carbocycles. The van der Waals surface area contributed by atoms with Crippen molar-refractivity contribution in [3.63, 3.8) is 0 Å². The van der Waals surface area contributed by atoms with Crippen LogP contribution in [0.1, 0.15) is 5.56 Å². The van der Waals surface area contributed by atoms with Crippen molar-refractivity contribution in [2.75, 3.05) is 7.11 Å². The maximum absolute atomic E-state index is 11.5. The molecule has 0 aliphatic heterocycles. The molecule has 0 spiro atoms. The van der Waals surface area contributed by atoms with Gasteiger partial charge in [0.15, 0.2) is 0 Å². The zero-order chi connectivity index (χ0) is 12.2. The second-order valence-corrected chi connectivity index (χ2v) is 4.89. The van der Waals surface area contributed by atoms with Gasteiger partial charge < -0.3 is 14.5 Å². The lowest BCUT2D eigenvalue weighted by Crippen LogP contribution is -2.05. The summed E-state index contributed by atoms with van der Waals surface area (Å²) in [7, 11) is -2.64. The van der Waals surface area contributed by atoms with Gasteiger partial charge in [-0.2, -0.15) is 0 Å². The van der Waals surface area contributed by atoms with Crippen LogP contribution in [0.3, 0.4) is 0 Å². The van der Waals surface area contributed by atoms with E-state index in [1.807, 2.05) is 0 Å². The van der Waals surface area contributed by atoms with Crippen LogP contribution in [0.5, 0.6) is 0 Å². The van der Waals surface area contributed by atoms with Crippen molar-refractivity contribution in [1.29, 1.82) is 0 Å². The fourth-order valence-electron chi connectivity index (χ4n) is 1.08. The summed E-state index contributed by atoms with van der Waals surface area (Å²) in [6, 6.07) is 6.03. The van der Waals surface area contributed by atoms with E-state index in [-0.39, 0.29) is 5.30 Å². The predicted molar refractivity (Wildman–Crippen MR) is 59.6 cm³/mol. The van der Waals surface area contributed by atoms with Gasteiger partial charge in [-0.1, -0.05) is 12.1 Å². The number of carboxylic acid groups (broad SMARTS) is 1. The molecule has 0 aromatic heterocycles. The summed E-state index contributed by atoms with van der Waals surface area (Å²) in [6.07, 6.45) is 2.29. The van der Waals surface area contributed by atoms with Crippen LogP contribution < -0.4 is 5.30 Å². The highest BCUT2D eigenvalue weighted by atomic mass is 31.2. The molecule has 0 aliphatic carbocycles. The van der Waals surface area contributed by atoms with Crippen molar-refractivity contribution in [1.82, 2.24) is 0 Å². The molecule has 0 amide bonds. The highest BCUT2D eigenvalue weighted by Gasteiger charge is 2.20. The van der Waals surface area contributed by atoms with Gasteiger partial charge in [0.2, 0.25) is 0 Å². The van der Waals surface area contributed by atoms with Gasteiger partial charge in [-0.25, -0.2) is 4.79 Å². The van der Waals surface area contributed by atoms with Gasteiger partial charge in [-0.3, -0.25) is 4.57 Å². The fraction of sp³-hybridized carbons (Fsp3) is 0.100. The molecule has 1 aromatic carbocycles. The van der Waals surface area contributed by atoms with Crippen molar-refractivity contribution >= 4 is 24.9 Å². The molecule has 86 valence electrons. The summed E-state index contributed by atoms with van der Waals surface area (Å²) in [6.45, 7) is 0. The maximum atomic E-state index is 11.5. The number of carboxylic acids is 1. The van der Waals surface area contributed by atoms with Crippen LogP contribution in [0, 0.1) is 0 Å². The van der Waals surface area contributed by atoms with E-state index >= 15 is 0 Å². The predicted octanol–water partition coefficient (Wildman–Crippen LogP) is 1.24. The van der Waals surface area contributed by atoms with Gasteiger partial charge in [0.1, 0.15) is 0 Å². The van der Waals surface area contributed by atoms with Crippen LogP contribution >= 0.6 is 7.60 Å². The molecular formula is C10H11O5P. The van der Waals surface area contributed by atoms with E-state index in [1.54, 1.807) is 12.1 Å². The number of benzene rings is 1. The van der Waals surface area contributed by atoms with E-state index in [0.717, 1.165) is 13.2 Å². The molecule has 16 heavy (non-hydrogen) atoms. The molecule has 1 aromatic rings. The van der Waals surface area contributed by atoms with Crippen LogP contribution in [-0.4, -0.2) is 23.1 Å². The molecule has 1 unspecified atom stereocenters. The lowest BCUT2D eigenvalue weighted by atomic mass is 10.2. The smallest absolute Gasteiger partial charge is 0.358 e. The Labute approximate surface area is 92.5 Å². The molecule has 0 fully saturated rings. The van der Waals surface area contributed by atoms with Gasteiger partial charge >= 0.3 is 13.6 Å². The first-order valence-corrected chi connectivity index (χ1v) is 5.93. The summed E-state index contributed by atoms with van der Waals surface area (Å²) in [4.78, 5) is 19.7. The Bertz CT molecular complexity index is 466. The lowest BCUT2D eigenvalue weighted by Gasteiger charge is -2.08. The second kappa shape index (κ2) is 5.07. The van der Waals surface area contributed by atoms with Crippen LogP contribution in [0.4, 0.5) is 0 Å². The highest BCUT2D eigenvalue weighted by molar-refractivity contribution is 7.61. The number of hydrogen-bond acceptors (Lipinski definition) is 3. The summed E-state index contributed by atoms with van der Waals surface area (Å²) < 4.78 is 15.9. The Balaban J connectivity index is 3.05. The number of aliphatic carboxylic acids is 1. The van der Waals surface area contributed by atoms with Crippen molar-refractivity contribution in [2.45, 2.75) is 0 Å². The molecule has 0 bridgehead atoms. The van der Waals surface area contributed by atoms with Crippen molar-refractivity contribution < 1.29 is 23.9 Å². The van der Waals surface area contributed by atoms with Gasteiger partial charge in [0.05, 0.1) is 5.30 Å². The van der Waals surface area contributed by atoms with E-state index in [4.69, 9.17) is 5.11 Å². The fourth-order valence-corrected chi connectivity index (χ4v) is 1.87. The molecule has 0 saturated heterocycles.